The SMILES string of the molecule is COc1cc(C)c2[nH]ccc2c1Cn1cc2ccc(C#N)c(F)c2n1. The van der Waals surface area contributed by atoms with Crippen molar-refractivity contribution in [2.45, 2.75) is 13.5 Å². The predicted octanol–water partition coefficient (Wildman–Crippen LogP) is 3.89. The van der Waals surface area contributed by atoms with E-state index >= 15 is 0 Å². The highest BCUT2D eigenvalue weighted by Gasteiger charge is 2.15. The third-order valence-corrected chi connectivity index (χ3v) is 4.44. The van der Waals surface area contributed by atoms with Crippen LogP contribution in [0, 0.1) is 24.1 Å². The van der Waals surface area contributed by atoms with E-state index in [1.54, 1.807) is 24.1 Å². The van der Waals surface area contributed by atoms with Gasteiger partial charge in [-0.15, -0.1) is 0 Å². The molecule has 5 nitrogen and oxygen atoms in total. The van der Waals surface area contributed by atoms with Crippen molar-refractivity contribution in [3.63, 3.8) is 0 Å². The Bertz CT molecular complexity index is 1150. The van der Waals surface area contributed by atoms with E-state index in [4.69, 9.17) is 10.00 Å². The maximum Gasteiger partial charge on any atom is 0.169 e. The molecule has 0 aliphatic carbocycles. The normalized spacial score (nSPS) is 11.1. The number of aromatic nitrogens is 3. The number of aromatic amines is 1. The number of ether oxygens (including phenoxy) is 1. The van der Waals surface area contributed by atoms with Crippen LogP contribution < -0.4 is 4.74 Å². The molecule has 6 heteroatoms. The number of benzene rings is 2. The largest absolute Gasteiger partial charge is 0.496 e. The van der Waals surface area contributed by atoms with Crippen LogP contribution in [-0.4, -0.2) is 21.9 Å². The zero-order valence-electron chi connectivity index (χ0n) is 13.8. The van der Waals surface area contributed by atoms with Crippen LogP contribution in [0.5, 0.6) is 5.75 Å². The first kappa shape index (κ1) is 15.2. The number of H-pyrrole nitrogens is 1. The first-order valence-electron chi connectivity index (χ1n) is 7.81. The molecule has 2 aromatic heterocycles. The number of rotatable bonds is 3. The summed E-state index contributed by atoms with van der Waals surface area (Å²) >= 11 is 0. The maximum absolute atomic E-state index is 14.3. The fraction of sp³-hybridized carbons (Fsp3) is 0.158. The highest BCUT2D eigenvalue weighted by molar-refractivity contribution is 5.88. The fourth-order valence-corrected chi connectivity index (χ4v) is 3.21. The van der Waals surface area contributed by atoms with Gasteiger partial charge in [0.05, 0.1) is 19.2 Å². The van der Waals surface area contributed by atoms with Crippen molar-refractivity contribution in [3.05, 3.63) is 59.2 Å². The Kier molecular flexibility index (Phi) is 3.43. The number of nitrogens with one attached hydrogen (secondary N) is 1. The molecule has 124 valence electrons. The van der Waals surface area contributed by atoms with Crippen molar-refractivity contribution in [1.82, 2.24) is 14.8 Å². The Hall–Kier alpha value is -3.33. The Morgan fingerprint density at radius 1 is 1.36 bits per heavy atom. The lowest BCUT2D eigenvalue weighted by atomic mass is 10.0. The molecule has 0 fully saturated rings. The van der Waals surface area contributed by atoms with Gasteiger partial charge >= 0.3 is 0 Å². The molecule has 2 aromatic carbocycles. The average molecular weight is 334 g/mol. The van der Waals surface area contributed by atoms with Gasteiger partial charge in [0.25, 0.3) is 0 Å². The maximum atomic E-state index is 14.3. The number of methoxy groups -OCH3 is 1. The molecule has 0 saturated carbocycles. The lowest BCUT2D eigenvalue weighted by Crippen LogP contribution is -2.03. The summed E-state index contributed by atoms with van der Waals surface area (Å²) in [4.78, 5) is 3.23. The van der Waals surface area contributed by atoms with E-state index in [1.165, 1.54) is 6.07 Å². The molecule has 0 aliphatic heterocycles. The van der Waals surface area contributed by atoms with Crippen LogP contribution in [-0.2, 0) is 6.54 Å². The van der Waals surface area contributed by atoms with E-state index in [-0.39, 0.29) is 11.1 Å². The number of nitrogens with zero attached hydrogens (tertiary/aromatic N) is 3. The van der Waals surface area contributed by atoms with Gasteiger partial charge in [-0.1, -0.05) is 0 Å². The molecule has 0 radical (unpaired) electrons. The van der Waals surface area contributed by atoms with E-state index in [9.17, 15) is 4.39 Å². The van der Waals surface area contributed by atoms with Gasteiger partial charge in [0.2, 0.25) is 0 Å². The first-order valence-corrected chi connectivity index (χ1v) is 7.81. The van der Waals surface area contributed by atoms with Gasteiger partial charge in [0, 0.05) is 34.2 Å². The second kappa shape index (κ2) is 5.64. The molecule has 4 rings (SSSR count). The summed E-state index contributed by atoms with van der Waals surface area (Å²) < 4.78 is 21.5. The van der Waals surface area contributed by atoms with Crippen LogP contribution in [0.1, 0.15) is 16.7 Å². The number of hydrogen-bond acceptors (Lipinski definition) is 3. The van der Waals surface area contributed by atoms with E-state index in [0.29, 0.717) is 11.9 Å². The molecule has 0 aliphatic rings. The Labute approximate surface area is 143 Å². The Balaban J connectivity index is 1.86. The van der Waals surface area contributed by atoms with Crippen LogP contribution in [0.3, 0.4) is 0 Å². The molecule has 1 N–H and O–H groups in total. The van der Waals surface area contributed by atoms with Crippen molar-refractivity contribution < 1.29 is 9.13 Å². The van der Waals surface area contributed by atoms with Gasteiger partial charge in [-0.3, -0.25) is 4.68 Å². The standard InChI is InChI=1S/C19H15FN4O/c1-11-7-16(25-2)15(14-5-6-22-18(11)14)10-24-9-13-4-3-12(8-21)17(20)19(13)23-24/h3-7,9,22H,10H2,1-2H3. The second-order valence-electron chi connectivity index (χ2n) is 5.94. The van der Waals surface area contributed by atoms with Crippen LogP contribution >= 0.6 is 0 Å². The van der Waals surface area contributed by atoms with Crippen molar-refractivity contribution >= 4 is 21.8 Å². The predicted molar refractivity (Wildman–Crippen MR) is 93.1 cm³/mol. The third kappa shape index (κ3) is 2.32. The van der Waals surface area contributed by atoms with Crippen LogP contribution in [0.2, 0.25) is 0 Å². The number of aryl methyl sites for hydroxylation is 1. The fourth-order valence-electron chi connectivity index (χ4n) is 3.21. The number of halogens is 1. The van der Waals surface area contributed by atoms with E-state index < -0.39 is 5.82 Å². The molecule has 0 unspecified atom stereocenters. The minimum absolute atomic E-state index is 0.00121. The van der Waals surface area contributed by atoms with E-state index in [1.807, 2.05) is 31.3 Å². The van der Waals surface area contributed by atoms with Gasteiger partial charge in [0.15, 0.2) is 5.82 Å². The second-order valence-corrected chi connectivity index (χ2v) is 5.94. The van der Waals surface area contributed by atoms with E-state index in [2.05, 4.69) is 10.1 Å². The van der Waals surface area contributed by atoms with Crippen LogP contribution in [0.25, 0.3) is 21.8 Å². The van der Waals surface area contributed by atoms with Crippen LogP contribution in [0.4, 0.5) is 4.39 Å². The van der Waals surface area contributed by atoms with Gasteiger partial charge in [-0.25, -0.2) is 4.39 Å². The first-order chi connectivity index (χ1) is 12.1. The van der Waals surface area contributed by atoms with Crippen molar-refractivity contribution in [2.24, 2.45) is 0 Å². The highest BCUT2D eigenvalue weighted by atomic mass is 19.1. The zero-order valence-corrected chi connectivity index (χ0v) is 13.8. The zero-order chi connectivity index (χ0) is 17.6. The van der Waals surface area contributed by atoms with Gasteiger partial charge < -0.3 is 9.72 Å². The summed E-state index contributed by atoms with van der Waals surface area (Å²) in [6.07, 6.45) is 3.66. The minimum Gasteiger partial charge on any atom is -0.496 e. The molecule has 0 bridgehead atoms. The molecule has 2 heterocycles. The van der Waals surface area contributed by atoms with E-state index in [0.717, 1.165) is 27.8 Å². The molecule has 0 atom stereocenters. The topological polar surface area (TPSA) is 66.6 Å². The number of fused-ring (bicyclic) bond motifs is 2. The van der Waals surface area contributed by atoms with Gasteiger partial charge in [-0.05, 0) is 36.8 Å². The smallest absolute Gasteiger partial charge is 0.169 e. The Morgan fingerprint density at radius 3 is 2.96 bits per heavy atom. The summed E-state index contributed by atoms with van der Waals surface area (Å²) in [6, 6.07) is 9.00. The molecule has 0 saturated heterocycles. The molecular formula is C19H15FN4O. The molecule has 4 aromatic rings. The van der Waals surface area contributed by atoms with Crippen molar-refractivity contribution in [1.29, 1.82) is 5.26 Å². The molecule has 25 heavy (non-hydrogen) atoms. The summed E-state index contributed by atoms with van der Waals surface area (Å²) in [5.74, 6) is 0.184. The quantitative estimate of drug-likeness (QED) is 0.618. The van der Waals surface area contributed by atoms with Crippen molar-refractivity contribution in [3.8, 4) is 11.8 Å². The molecule has 0 amide bonds. The lowest BCUT2D eigenvalue weighted by Gasteiger charge is -2.12. The summed E-state index contributed by atoms with van der Waals surface area (Å²) in [5.41, 5.74) is 3.31. The van der Waals surface area contributed by atoms with Gasteiger partial charge in [0.1, 0.15) is 17.3 Å². The summed E-state index contributed by atoms with van der Waals surface area (Å²) in [5, 5.41) is 15.0. The van der Waals surface area contributed by atoms with Crippen molar-refractivity contribution in [2.75, 3.05) is 7.11 Å². The monoisotopic (exact) mass is 334 g/mol. The lowest BCUT2D eigenvalue weighted by molar-refractivity contribution is 0.408. The summed E-state index contributed by atoms with van der Waals surface area (Å²) in [6.45, 7) is 2.46. The summed E-state index contributed by atoms with van der Waals surface area (Å²) in [7, 11) is 1.63. The number of nitriles is 1. The third-order valence-electron chi connectivity index (χ3n) is 4.44. The molecule has 0 spiro atoms. The number of hydrogen-bond donors (Lipinski definition) is 1. The molecular weight excluding hydrogens is 319 g/mol. The van der Waals surface area contributed by atoms with Crippen LogP contribution in [0.15, 0.2) is 36.7 Å². The van der Waals surface area contributed by atoms with Gasteiger partial charge in [-0.2, -0.15) is 10.4 Å². The highest BCUT2D eigenvalue weighted by Crippen LogP contribution is 2.31. The Morgan fingerprint density at radius 2 is 2.20 bits per heavy atom. The average Bonchev–Trinajstić information content (AvgIpc) is 3.25. The minimum atomic E-state index is -0.582.